The Bertz CT molecular complexity index is 1290. The van der Waals surface area contributed by atoms with E-state index >= 15 is 0 Å². The Hall–Kier alpha value is -2.89. The molecule has 0 fully saturated rings. The van der Waals surface area contributed by atoms with Crippen LogP contribution in [0.25, 0.3) is 0 Å². The second-order valence-electron chi connectivity index (χ2n) is 21.1. The average molecular weight is 1010 g/mol. The van der Waals surface area contributed by atoms with Crippen molar-refractivity contribution in [2.45, 2.75) is 329 Å². The molecule has 0 aromatic carbocycles. The van der Waals surface area contributed by atoms with Crippen LogP contribution in [0.4, 0.5) is 0 Å². The molecule has 0 saturated heterocycles. The molecule has 0 aliphatic rings. The second kappa shape index (κ2) is 60.7. The van der Waals surface area contributed by atoms with E-state index in [0.29, 0.717) is 19.3 Å². The minimum Gasteiger partial charge on any atom is -0.462 e. The third kappa shape index (κ3) is 58.0. The molecule has 0 spiro atoms. The fourth-order valence-electron chi connectivity index (χ4n) is 9.08. The van der Waals surface area contributed by atoms with Gasteiger partial charge in [0.1, 0.15) is 13.2 Å². The number of unbranched alkanes of at least 4 members (excludes halogenated alkanes) is 39. The first-order valence-electron chi connectivity index (χ1n) is 31.3. The van der Waals surface area contributed by atoms with E-state index in [4.69, 9.17) is 14.2 Å². The first-order chi connectivity index (χ1) is 35.5. The van der Waals surface area contributed by atoms with Crippen LogP contribution in [0.2, 0.25) is 0 Å². The molecule has 0 aliphatic heterocycles. The summed E-state index contributed by atoms with van der Waals surface area (Å²) in [5.74, 6) is -0.903. The number of rotatable bonds is 57. The van der Waals surface area contributed by atoms with Crippen molar-refractivity contribution in [2.75, 3.05) is 13.2 Å². The molecule has 0 N–H and O–H groups in total. The van der Waals surface area contributed by atoms with Gasteiger partial charge in [0, 0.05) is 19.3 Å². The highest BCUT2D eigenvalue weighted by atomic mass is 16.6. The van der Waals surface area contributed by atoms with Gasteiger partial charge in [-0.25, -0.2) is 0 Å². The Labute approximate surface area is 447 Å². The Morgan fingerprint density at radius 2 is 0.500 bits per heavy atom. The number of hydrogen-bond acceptors (Lipinski definition) is 6. The minimum absolute atomic E-state index is 0.0845. The van der Waals surface area contributed by atoms with E-state index in [1.54, 1.807) is 0 Å². The zero-order valence-corrected chi connectivity index (χ0v) is 47.9. The normalized spacial score (nSPS) is 12.4. The molecule has 0 aliphatic carbocycles. The third-order valence-corrected chi connectivity index (χ3v) is 13.8. The molecule has 72 heavy (non-hydrogen) atoms. The zero-order chi connectivity index (χ0) is 52.2. The summed E-state index contributed by atoms with van der Waals surface area (Å²) in [5.41, 5.74) is 0. The standard InChI is InChI=1S/C66H118O6/c1-4-7-10-13-16-19-22-25-28-31-34-37-40-43-46-49-52-55-58-64(67)70-61-63(72-66(69)60-57-54-51-48-45-42-39-36-33-30-27-24-21-18-15-12-9-6-3)62-71-65(68)59-56-53-50-47-44-41-38-35-32-29-26-23-20-17-14-11-8-5-2/h22,25,28,30-31,33-34,36-37,39,63H,4-21,23-24,26-27,29,32,35,38,40-62H2,1-3H3/b25-22-,31-28-,33-30-,37-34-,39-36-. The van der Waals surface area contributed by atoms with Crippen molar-refractivity contribution in [3.05, 3.63) is 60.8 Å². The highest BCUT2D eigenvalue weighted by molar-refractivity contribution is 5.71. The molecule has 0 saturated carbocycles. The fourth-order valence-corrected chi connectivity index (χ4v) is 9.08. The van der Waals surface area contributed by atoms with Crippen LogP contribution < -0.4 is 0 Å². The molecule has 0 rings (SSSR count). The number of allylic oxidation sites excluding steroid dienone is 10. The van der Waals surface area contributed by atoms with Crippen molar-refractivity contribution in [2.24, 2.45) is 0 Å². The summed E-state index contributed by atoms with van der Waals surface area (Å²) in [7, 11) is 0. The number of carbonyl (C=O) groups is 3. The van der Waals surface area contributed by atoms with Crippen LogP contribution in [0, 0.1) is 0 Å². The van der Waals surface area contributed by atoms with Gasteiger partial charge in [-0.05, 0) is 70.6 Å². The van der Waals surface area contributed by atoms with Crippen LogP contribution >= 0.6 is 0 Å². The predicted octanol–water partition coefficient (Wildman–Crippen LogP) is 21.2. The van der Waals surface area contributed by atoms with Crippen molar-refractivity contribution in [3.8, 4) is 0 Å². The van der Waals surface area contributed by atoms with Crippen LogP contribution in [0.1, 0.15) is 323 Å². The molecule has 0 heterocycles. The van der Waals surface area contributed by atoms with Gasteiger partial charge >= 0.3 is 17.9 Å². The summed E-state index contributed by atoms with van der Waals surface area (Å²) in [6.45, 7) is 6.63. The molecule has 0 aromatic heterocycles. The van der Waals surface area contributed by atoms with Crippen LogP contribution in [0.15, 0.2) is 60.8 Å². The van der Waals surface area contributed by atoms with Gasteiger partial charge in [-0.2, -0.15) is 0 Å². The molecular weight excluding hydrogens is 889 g/mol. The molecule has 6 heteroatoms. The summed E-state index contributed by atoms with van der Waals surface area (Å²) >= 11 is 0. The number of esters is 3. The number of hydrogen-bond donors (Lipinski definition) is 0. The van der Waals surface area contributed by atoms with E-state index in [9.17, 15) is 14.4 Å². The summed E-state index contributed by atoms with van der Waals surface area (Å²) in [5, 5.41) is 0. The highest BCUT2D eigenvalue weighted by Crippen LogP contribution is 2.17. The van der Waals surface area contributed by atoms with Crippen molar-refractivity contribution in [1.29, 1.82) is 0 Å². The van der Waals surface area contributed by atoms with Crippen LogP contribution in [-0.2, 0) is 28.6 Å². The van der Waals surface area contributed by atoms with E-state index in [1.165, 1.54) is 186 Å². The molecule has 0 radical (unpaired) electrons. The van der Waals surface area contributed by atoms with Gasteiger partial charge in [-0.3, -0.25) is 14.4 Å². The lowest BCUT2D eigenvalue weighted by atomic mass is 10.0. The summed E-state index contributed by atoms with van der Waals surface area (Å²) < 4.78 is 16.9. The summed E-state index contributed by atoms with van der Waals surface area (Å²) in [4.78, 5) is 38.3. The van der Waals surface area contributed by atoms with Gasteiger partial charge in [-0.1, -0.05) is 293 Å². The van der Waals surface area contributed by atoms with Crippen LogP contribution in [0.5, 0.6) is 0 Å². The Morgan fingerprint density at radius 1 is 0.278 bits per heavy atom. The van der Waals surface area contributed by atoms with E-state index < -0.39 is 6.10 Å². The van der Waals surface area contributed by atoms with E-state index in [-0.39, 0.29) is 31.1 Å². The van der Waals surface area contributed by atoms with Gasteiger partial charge in [0.15, 0.2) is 6.10 Å². The number of carbonyl (C=O) groups excluding carboxylic acids is 3. The maximum atomic E-state index is 12.9. The van der Waals surface area contributed by atoms with Crippen molar-refractivity contribution >= 4 is 17.9 Å². The van der Waals surface area contributed by atoms with E-state index in [1.807, 2.05) is 0 Å². The molecular formula is C66H118O6. The lowest BCUT2D eigenvalue weighted by Gasteiger charge is -2.18. The number of ether oxygens (including phenoxy) is 3. The molecule has 6 nitrogen and oxygen atoms in total. The Balaban J connectivity index is 4.42. The molecule has 0 aromatic rings. The van der Waals surface area contributed by atoms with Gasteiger partial charge in [0.25, 0.3) is 0 Å². The minimum atomic E-state index is -0.790. The monoisotopic (exact) mass is 1010 g/mol. The van der Waals surface area contributed by atoms with Crippen LogP contribution in [0.3, 0.4) is 0 Å². The summed E-state index contributed by atoms with van der Waals surface area (Å²) in [6.07, 6.45) is 76.4. The first kappa shape index (κ1) is 69.1. The molecule has 0 amide bonds. The van der Waals surface area contributed by atoms with Gasteiger partial charge in [0.05, 0.1) is 0 Å². The predicted molar refractivity (Wildman–Crippen MR) is 312 cm³/mol. The largest absolute Gasteiger partial charge is 0.462 e. The molecule has 1 atom stereocenters. The van der Waals surface area contributed by atoms with Crippen molar-refractivity contribution in [3.63, 3.8) is 0 Å². The zero-order valence-electron chi connectivity index (χ0n) is 47.9. The fraction of sp³-hybridized carbons (Fsp3) is 0.803. The molecule has 1 unspecified atom stereocenters. The smallest absolute Gasteiger partial charge is 0.306 e. The Morgan fingerprint density at radius 3 is 0.778 bits per heavy atom. The van der Waals surface area contributed by atoms with Crippen molar-refractivity contribution < 1.29 is 28.6 Å². The van der Waals surface area contributed by atoms with Gasteiger partial charge in [-0.15, -0.1) is 0 Å². The van der Waals surface area contributed by atoms with Crippen molar-refractivity contribution in [1.82, 2.24) is 0 Å². The van der Waals surface area contributed by atoms with Crippen LogP contribution in [-0.4, -0.2) is 37.2 Å². The lowest BCUT2D eigenvalue weighted by Crippen LogP contribution is -2.30. The SMILES string of the molecule is CCCCCCC\C=C/C=C\C=C/CCCCCCCC(=O)OCC(COC(=O)CCCCCCCCCCCCCCCCCCCC)OC(=O)CCCCCCC/C=C\C=C/CCCCCCCCC. The highest BCUT2D eigenvalue weighted by Gasteiger charge is 2.19. The quantitative estimate of drug-likeness (QED) is 0.0261. The molecule has 0 bridgehead atoms. The first-order valence-corrected chi connectivity index (χ1v) is 31.3. The van der Waals surface area contributed by atoms with Gasteiger partial charge < -0.3 is 14.2 Å². The average Bonchev–Trinajstić information content (AvgIpc) is 3.38. The third-order valence-electron chi connectivity index (χ3n) is 13.8. The summed E-state index contributed by atoms with van der Waals surface area (Å²) in [6, 6.07) is 0. The second-order valence-corrected chi connectivity index (χ2v) is 21.1. The van der Waals surface area contributed by atoms with E-state index in [2.05, 4.69) is 81.5 Å². The van der Waals surface area contributed by atoms with Gasteiger partial charge in [0.2, 0.25) is 0 Å². The molecule has 418 valence electrons. The topological polar surface area (TPSA) is 78.9 Å². The Kier molecular flexibility index (Phi) is 58.2. The maximum Gasteiger partial charge on any atom is 0.306 e. The van der Waals surface area contributed by atoms with E-state index in [0.717, 1.165) is 96.3 Å². The lowest BCUT2D eigenvalue weighted by molar-refractivity contribution is -0.167. The maximum absolute atomic E-state index is 12.9.